The van der Waals surface area contributed by atoms with Gasteiger partial charge >= 0.3 is 0 Å². The molecule has 0 aromatic rings. The van der Waals surface area contributed by atoms with Gasteiger partial charge in [-0.25, -0.2) is 0 Å². The van der Waals surface area contributed by atoms with Gasteiger partial charge in [0.2, 0.25) is 0 Å². The Bertz CT molecular complexity index is 153. The Kier molecular flexibility index (Phi) is 8.96. The van der Waals surface area contributed by atoms with Crippen LogP contribution in [0.25, 0.3) is 0 Å². The molecule has 0 aliphatic rings. The molecule has 0 atom stereocenters. The molecule has 0 spiro atoms. The number of hydrogen-bond donors (Lipinski definition) is 1. The van der Waals surface area contributed by atoms with Gasteiger partial charge in [0.1, 0.15) is 0 Å². The second-order valence-electron chi connectivity index (χ2n) is 5.33. The van der Waals surface area contributed by atoms with Gasteiger partial charge in [-0.3, -0.25) is 0 Å². The molecule has 0 aromatic carbocycles. The molecule has 0 aliphatic carbocycles. The second-order valence-corrected chi connectivity index (χ2v) is 5.33. The summed E-state index contributed by atoms with van der Waals surface area (Å²) in [7, 11) is 1.79. The van der Waals surface area contributed by atoms with Crippen LogP contribution < -0.4 is 5.32 Å². The van der Waals surface area contributed by atoms with E-state index in [1.54, 1.807) is 7.11 Å². The molecule has 0 rings (SSSR count). The van der Waals surface area contributed by atoms with Gasteiger partial charge < -0.3 is 10.1 Å². The van der Waals surface area contributed by atoms with Gasteiger partial charge in [-0.15, -0.1) is 0 Å². The first-order chi connectivity index (χ1) is 7.60. The van der Waals surface area contributed by atoms with E-state index in [1.165, 1.54) is 25.7 Å². The van der Waals surface area contributed by atoms with E-state index in [0.29, 0.717) is 5.41 Å². The molecule has 0 amide bonds. The van der Waals surface area contributed by atoms with Crippen molar-refractivity contribution in [1.29, 1.82) is 0 Å². The summed E-state index contributed by atoms with van der Waals surface area (Å²) in [6, 6.07) is 0. The fourth-order valence-electron chi connectivity index (χ4n) is 2.16. The van der Waals surface area contributed by atoms with Crippen LogP contribution in [0.5, 0.6) is 0 Å². The molecular weight excluding hydrogens is 198 g/mol. The van der Waals surface area contributed by atoms with Crippen LogP contribution in [-0.2, 0) is 4.74 Å². The maximum absolute atomic E-state index is 5.15. The zero-order valence-corrected chi connectivity index (χ0v) is 11.9. The van der Waals surface area contributed by atoms with Crippen LogP contribution in [0.1, 0.15) is 53.4 Å². The topological polar surface area (TPSA) is 21.3 Å². The molecule has 0 radical (unpaired) electrons. The average Bonchev–Trinajstić information content (AvgIpc) is 2.27. The summed E-state index contributed by atoms with van der Waals surface area (Å²) in [5, 5.41) is 3.61. The third kappa shape index (κ3) is 6.49. The lowest BCUT2D eigenvalue weighted by Gasteiger charge is -2.32. The van der Waals surface area contributed by atoms with Crippen molar-refractivity contribution in [2.45, 2.75) is 53.4 Å². The molecule has 0 bridgehead atoms. The van der Waals surface area contributed by atoms with Crippen molar-refractivity contribution in [3.05, 3.63) is 0 Å². The second kappa shape index (κ2) is 9.00. The molecule has 0 saturated heterocycles. The monoisotopic (exact) mass is 229 g/mol. The highest BCUT2D eigenvalue weighted by atomic mass is 16.5. The van der Waals surface area contributed by atoms with Crippen molar-refractivity contribution in [2.75, 3.05) is 26.8 Å². The summed E-state index contributed by atoms with van der Waals surface area (Å²) in [6.45, 7) is 12.3. The van der Waals surface area contributed by atoms with Crippen molar-refractivity contribution in [3.63, 3.8) is 0 Å². The predicted molar refractivity (Wildman–Crippen MR) is 71.8 cm³/mol. The van der Waals surface area contributed by atoms with Crippen LogP contribution in [0.3, 0.4) is 0 Å². The van der Waals surface area contributed by atoms with Gasteiger partial charge in [-0.2, -0.15) is 0 Å². The van der Waals surface area contributed by atoms with E-state index >= 15 is 0 Å². The summed E-state index contributed by atoms with van der Waals surface area (Å²) in [6.07, 6.45) is 4.98. The molecule has 0 aromatic heterocycles. The zero-order valence-electron chi connectivity index (χ0n) is 11.9. The van der Waals surface area contributed by atoms with Gasteiger partial charge in [-0.05, 0) is 43.6 Å². The first-order valence-electron chi connectivity index (χ1n) is 6.80. The van der Waals surface area contributed by atoms with E-state index in [4.69, 9.17) is 4.74 Å². The van der Waals surface area contributed by atoms with Gasteiger partial charge in [0.05, 0.1) is 0 Å². The Hall–Kier alpha value is -0.0800. The van der Waals surface area contributed by atoms with Crippen LogP contribution in [-0.4, -0.2) is 26.8 Å². The van der Waals surface area contributed by atoms with Crippen LogP contribution in [0.15, 0.2) is 0 Å². The molecule has 0 fully saturated rings. The summed E-state index contributed by atoms with van der Waals surface area (Å²) in [5.74, 6) is 0.741. The molecule has 2 heteroatoms. The highest BCUT2D eigenvalue weighted by Gasteiger charge is 2.24. The van der Waals surface area contributed by atoms with E-state index < -0.39 is 0 Å². The Morgan fingerprint density at radius 3 is 2.25 bits per heavy atom. The van der Waals surface area contributed by atoms with Crippen molar-refractivity contribution >= 4 is 0 Å². The molecule has 0 aliphatic heterocycles. The first-order valence-corrected chi connectivity index (χ1v) is 6.80. The van der Waals surface area contributed by atoms with Gasteiger partial charge in [0.15, 0.2) is 0 Å². The Labute approximate surface area is 102 Å². The maximum Gasteiger partial charge on any atom is 0.0462 e. The van der Waals surface area contributed by atoms with Gasteiger partial charge in [-0.1, -0.05) is 27.7 Å². The summed E-state index contributed by atoms with van der Waals surface area (Å²) in [5.41, 5.74) is 0.480. The molecule has 0 unspecified atom stereocenters. The van der Waals surface area contributed by atoms with Crippen molar-refractivity contribution in [1.82, 2.24) is 5.32 Å². The average molecular weight is 229 g/mol. The normalized spacial score (nSPS) is 12.4. The Morgan fingerprint density at radius 2 is 1.81 bits per heavy atom. The standard InChI is InChI=1S/C14H31NO/c1-6-14(7-2,9-8-10-16-5)12-15-11-13(3)4/h13,15H,6-12H2,1-5H3. The van der Waals surface area contributed by atoms with Gasteiger partial charge in [0, 0.05) is 20.3 Å². The lowest BCUT2D eigenvalue weighted by Crippen LogP contribution is -2.35. The summed E-state index contributed by atoms with van der Waals surface area (Å²) >= 11 is 0. The fraction of sp³-hybridized carbons (Fsp3) is 1.00. The molecule has 16 heavy (non-hydrogen) atoms. The zero-order chi connectivity index (χ0) is 12.4. The molecule has 0 saturated carbocycles. The molecular formula is C14H31NO. The fourth-order valence-corrected chi connectivity index (χ4v) is 2.16. The van der Waals surface area contributed by atoms with E-state index in [1.807, 2.05) is 0 Å². The van der Waals surface area contributed by atoms with Gasteiger partial charge in [0.25, 0.3) is 0 Å². The molecule has 98 valence electrons. The lowest BCUT2D eigenvalue weighted by atomic mass is 9.78. The Morgan fingerprint density at radius 1 is 1.19 bits per heavy atom. The number of ether oxygens (including phenoxy) is 1. The summed E-state index contributed by atoms with van der Waals surface area (Å²) in [4.78, 5) is 0. The van der Waals surface area contributed by atoms with Crippen LogP contribution in [0.2, 0.25) is 0 Å². The van der Waals surface area contributed by atoms with Crippen molar-refractivity contribution < 1.29 is 4.74 Å². The van der Waals surface area contributed by atoms with Crippen LogP contribution >= 0.6 is 0 Å². The predicted octanol–water partition coefficient (Wildman–Crippen LogP) is 3.47. The minimum absolute atomic E-state index is 0.480. The Balaban J connectivity index is 3.99. The third-order valence-electron chi connectivity index (χ3n) is 3.61. The van der Waals surface area contributed by atoms with Crippen LogP contribution in [0, 0.1) is 11.3 Å². The maximum atomic E-state index is 5.15. The lowest BCUT2D eigenvalue weighted by molar-refractivity contribution is 0.155. The minimum atomic E-state index is 0.480. The SMILES string of the molecule is CCC(CC)(CCCOC)CNCC(C)C. The quantitative estimate of drug-likeness (QED) is 0.579. The van der Waals surface area contributed by atoms with E-state index in [-0.39, 0.29) is 0 Å². The van der Waals surface area contributed by atoms with E-state index in [2.05, 4.69) is 33.0 Å². The van der Waals surface area contributed by atoms with Crippen molar-refractivity contribution in [2.24, 2.45) is 11.3 Å². The number of methoxy groups -OCH3 is 1. The molecule has 2 nitrogen and oxygen atoms in total. The van der Waals surface area contributed by atoms with Crippen LogP contribution in [0.4, 0.5) is 0 Å². The smallest absolute Gasteiger partial charge is 0.0462 e. The number of rotatable bonds is 10. The van der Waals surface area contributed by atoms with E-state index in [9.17, 15) is 0 Å². The third-order valence-corrected chi connectivity index (χ3v) is 3.61. The highest BCUT2D eigenvalue weighted by molar-refractivity contribution is 4.79. The molecule has 0 heterocycles. The highest BCUT2D eigenvalue weighted by Crippen LogP contribution is 2.31. The first kappa shape index (κ1) is 15.9. The molecule has 1 N–H and O–H groups in total. The number of hydrogen-bond acceptors (Lipinski definition) is 2. The largest absolute Gasteiger partial charge is 0.385 e. The summed E-state index contributed by atoms with van der Waals surface area (Å²) < 4.78 is 5.15. The minimum Gasteiger partial charge on any atom is -0.385 e. The van der Waals surface area contributed by atoms with Crippen molar-refractivity contribution in [3.8, 4) is 0 Å². The number of nitrogens with one attached hydrogen (secondary N) is 1. The van der Waals surface area contributed by atoms with E-state index in [0.717, 1.165) is 25.6 Å².